The molecule has 0 radical (unpaired) electrons. The fourth-order valence-electron chi connectivity index (χ4n) is 1.68. The van der Waals surface area contributed by atoms with Gasteiger partial charge in [0, 0.05) is 0 Å². The molecule has 1 aromatic carbocycles. The van der Waals surface area contributed by atoms with Crippen molar-refractivity contribution in [3.05, 3.63) is 51.9 Å². The van der Waals surface area contributed by atoms with E-state index in [9.17, 15) is 18.0 Å². The topological polar surface area (TPSA) is 97.8 Å². The Bertz CT molecular complexity index is 767. The number of aromatic nitrogens is 2. The number of guanidine groups is 1. The van der Waals surface area contributed by atoms with Crippen molar-refractivity contribution >= 4 is 17.6 Å². The molecule has 0 saturated heterocycles. The summed E-state index contributed by atoms with van der Waals surface area (Å²) in [5, 5.41) is 2.78. The molecule has 0 spiro atoms. The van der Waals surface area contributed by atoms with Crippen molar-refractivity contribution in [2.24, 2.45) is 5.73 Å². The fraction of sp³-hybridized carbons (Fsp3) is 0.154. The predicted octanol–water partition coefficient (Wildman–Crippen LogP) is 0.236. The second-order valence-corrected chi connectivity index (χ2v) is 4.46. The normalized spacial score (nSPS) is 12.3. The maximum absolute atomic E-state index is 12.6. The smallest absolute Gasteiger partial charge is 0.322 e. The zero-order valence-corrected chi connectivity index (χ0v) is 11.5. The molecule has 1 heterocycles. The van der Waals surface area contributed by atoms with Gasteiger partial charge in [0.2, 0.25) is 0 Å². The number of para-hydroxylation sites is 1. The molecule has 2 aromatic rings. The van der Waals surface area contributed by atoms with Crippen molar-refractivity contribution in [2.45, 2.75) is 13.1 Å². The Morgan fingerprint density at radius 1 is 1.36 bits per heavy atom. The van der Waals surface area contributed by atoms with Crippen LogP contribution in [0.1, 0.15) is 11.3 Å². The number of anilines is 1. The maximum atomic E-state index is 12.6. The van der Waals surface area contributed by atoms with Gasteiger partial charge < -0.3 is 5.73 Å². The number of rotatable bonds is 2. The van der Waals surface area contributed by atoms with Crippen molar-refractivity contribution < 1.29 is 18.2 Å². The molecule has 0 saturated carbocycles. The Morgan fingerprint density at radius 3 is 2.68 bits per heavy atom. The third-order valence-electron chi connectivity index (χ3n) is 2.70. The molecule has 116 valence electrons. The second kappa shape index (κ2) is 5.88. The van der Waals surface area contributed by atoms with Gasteiger partial charge >= 0.3 is 12.1 Å². The van der Waals surface area contributed by atoms with Gasteiger partial charge in [0.1, 0.15) is 0 Å². The van der Waals surface area contributed by atoms with Gasteiger partial charge in [-0.1, -0.05) is 18.2 Å². The highest BCUT2D eigenvalue weighted by molar-refractivity contribution is 5.88. The molecule has 0 aliphatic heterocycles. The molecular weight excluding hydrogens is 299 g/mol. The lowest BCUT2D eigenvalue weighted by Gasteiger charge is -2.05. The number of aryl methyl sites for hydroxylation is 1. The van der Waals surface area contributed by atoms with Crippen molar-refractivity contribution in [1.82, 2.24) is 9.97 Å². The van der Waals surface area contributed by atoms with Crippen LogP contribution in [0.4, 0.5) is 24.8 Å². The largest absolute Gasteiger partial charge is 0.443 e. The summed E-state index contributed by atoms with van der Waals surface area (Å²) in [6.07, 6.45) is -4.72. The van der Waals surface area contributed by atoms with Crippen LogP contribution in [0.2, 0.25) is 0 Å². The van der Waals surface area contributed by atoms with Crippen molar-refractivity contribution in [2.75, 3.05) is 5.32 Å². The number of nitrogens with two attached hydrogens (primary N) is 1. The second-order valence-electron chi connectivity index (χ2n) is 4.46. The summed E-state index contributed by atoms with van der Waals surface area (Å²) in [6.45, 7) is 1.83. The van der Waals surface area contributed by atoms with Crippen LogP contribution in [0.3, 0.4) is 0 Å². The highest BCUT2D eigenvalue weighted by Gasteiger charge is 2.35. The molecule has 0 fully saturated rings. The molecule has 1 aromatic heterocycles. The predicted molar refractivity (Wildman–Crippen MR) is 74.5 cm³/mol. The molecule has 0 bridgehead atoms. The van der Waals surface area contributed by atoms with Crippen LogP contribution in [0.15, 0.2) is 35.1 Å². The first kappa shape index (κ1) is 15.5. The minimum absolute atomic E-state index is 0.0724. The number of nitrogens with one attached hydrogen (secondary N) is 3. The third-order valence-corrected chi connectivity index (χ3v) is 2.70. The van der Waals surface area contributed by atoms with Gasteiger partial charge in [0.05, 0.1) is 11.8 Å². The molecular formula is C13H13F3N5O+. The average Bonchev–Trinajstić information content (AvgIpc) is 2.39. The molecule has 9 heteroatoms. The molecule has 2 rings (SSSR count). The molecule has 0 atom stereocenters. The molecule has 5 N–H and O–H groups in total. The van der Waals surface area contributed by atoms with E-state index in [2.05, 4.69) is 20.3 Å². The summed E-state index contributed by atoms with van der Waals surface area (Å²) in [5.41, 5.74) is 4.98. The molecule has 0 aliphatic carbocycles. The van der Waals surface area contributed by atoms with E-state index < -0.39 is 23.4 Å². The Hall–Kier alpha value is -2.84. The number of hydrogen-bond donors (Lipinski definition) is 4. The Balaban J connectivity index is 2.31. The van der Waals surface area contributed by atoms with Gasteiger partial charge in [0.25, 0.3) is 11.5 Å². The summed E-state index contributed by atoms with van der Waals surface area (Å²) < 4.78 is 37.8. The van der Waals surface area contributed by atoms with Crippen molar-refractivity contribution in [3.8, 4) is 0 Å². The van der Waals surface area contributed by atoms with E-state index in [0.29, 0.717) is 11.8 Å². The van der Waals surface area contributed by atoms with Gasteiger partial charge in [-0.05, 0) is 18.6 Å². The van der Waals surface area contributed by atoms with Gasteiger partial charge in [-0.25, -0.2) is 9.98 Å². The lowest BCUT2D eigenvalue weighted by Crippen LogP contribution is -2.73. The lowest BCUT2D eigenvalue weighted by molar-refractivity contribution is -0.366. The number of H-pyrrole nitrogens is 1. The van der Waals surface area contributed by atoms with Crippen LogP contribution in [-0.4, -0.2) is 15.9 Å². The summed E-state index contributed by atoms with van der Waals surface area (Å²) in [5.74, 6) is -0.477. The van der Waals surface area contributed by atoms with Gasteiger partial charge in [-0.15, -0.1) is 4.98 Å². The summed E-state index contributed by atoms with van der Waals surface area (Å²) in [7, 11) is 0. The van der Waals surface area contributed by atoms with E-state index in [1.54, 1.807) is 12.1 Å². The van der Waals surface area contributed by atoms with E-state index in [4.69, 9.17) is 5.73 Å². The van der Waals surface area contributed by atoms with Crippen molar-refractivity contribution in [1.29, 1.82) is 0 Å². The summed E-state index contributed by atoms with van der Waals surface area (Å²) >= 11 is 0. The number of aromatic amines is 1. The monoisotopic (exact) mass is 312 g/mol. The highest BCUT2D eigenvalue weighted by atomic mass is 19.4. The van der Waals surface area contributed by atoms with Crippen LogP contribution in [-0.2, 0) is 6.18 Å². The van der Waals surface area contributed by atoms with Crippen LogP contribution in [0, 0.1) is 6.92 Å². The van der Waals surface area contributed by atoms with Crippen LogP contribution in [0.5, 0.6) is 0 Å². The maximum Gasteiger partial charge on any atom is 0.443 e. The Morgan fingerprint density at radius 2 is 2.05 bits per heavy atom. The van der Waals surface area contributed by atoms with Gasteiger partial charge in [-0.2, -0.15) is 13.2 Å². The minimum Gasteiger partial charge on any atom is -0.322 e. The number of alkyl halides is 3. The van der Waals surface area contributed by atoms with Gasteiger partial charge in [0.15, 0.2) is 5.69 Å². The average molecular weight is 312 g/mol. The Labute approximate surface area is 122 Å². The minimum atomic E-state index is -4.72. The first-order chi connectivity index (χ1) is 10.3. The van der Waals surface area contributed by atoms with E-state index in [1.807, 2.05) is 19.1 Å². The first-order valence-electron chi connectivity index (χ1n) is 6.16. The number of hydrogen-bond acceptors (Lipinski definition) is 2. The van der Waals surface area contributed by atoms with E-state index in [1.165, 1.54) is 0 Å². The van der Waals surface area contributed by atoms with E-state index in [0.717, 1.165) is 5.56 Å². The molecule has 0 unspecified atom stereocenters. The highest BCUT2D eigenvalue weighted by Crippen LogP contribution is 2.26. The molecule has 0 amide bonds. The summed E-state index contributed by atoms with van der Waals surface area (Å²) in [6, 6.07) is 7.55. The summed E-state index contributed by atoms with van der Waals surface area (Å²) in [4.78, 5) is 19.0. The van der Waals surface area contributed by atoms with Crippen LogP contribution < -0.4 is 21.6 Å². The zero-order chi connectivity index (χ0) is 16.3. The van der Waals surface area contributed by atoms with Crippen molar-refractivity contribution in [3.63, 3.8) is 0 Å². The first-order valence-corrected chi connectivity index (χ1v) is 6.16. The van der Waals surface area contributed by atoms with E-state index >= 15 is 0 Å². The lowest BCUT2D eigenvalue weighted by atomic mass is 10.2. The SMILES string of the molecule is Cc1ccccc1NC(N)=[NH+]c1nc(C(F)(F)F)cc(=O)[nH]1. The molecule has 0 aliphatic rings. The quantitative estimate of drug-likeness (QED) is 0.471. The third kappa shape index (κ3) is 3.84. The van der Waals surface area contributed by atoms with E-state index in [-0.39, 0.29) is 5.96 Å². The van der Waals surface area contributed by atoms with Gasteiger partial charge in [-0.3, -0.25) is 10.1 Å². The molecule has 6 nitrogen and oxygen atoms in total. The standard InChI is InChI=1S/C13H12F3N5O/c1-7-4-2-3-5-8(7)18-11(17)21-12-19-9(13(14,15)16)6-10(22)20-12/h2-6H,1H3,(H4,17,18,19,20,21,22)/p+1. The van der Waals surface area contributed by atoms with Crippen LogP contribution >= 0.6 is 0 Å². The number of nitrogens with zero attached hydrogens (tertiary/aromatic N) is 1. The zero-order valence-electron chi connectivity index (χ0n) is 11.5. The number of halogens is 3. The fourth-order valence-corrected chi connectivity index (χ4v) is 1.68. The Kier molecular flexibility index (Phi) is 4.15. The molecule has 22 heavy (non-hydrogen) atoms. The number of benzene rings is 1. The van der Waals surface area contributed by atoms with Crippen LogP contribution in [0.25, 0.3) is 0 Å².